The lowest BCUT2D eigenvalue weighted by molar-refractivity contribution is -0.114. The van der Waals surface area contributed by atoms with Gasteiger partial charge in [-0.15, -0.1) is 0 Å². The molecule has 0 atom stereocenters. The molecule has 6 heteroatoms. The third kappa shape index (κ3) is 3.91. The first-order chi connectivity index (χ1) is 13.6. The van der Waals surface area contributed by atoms with Crippen LogP contribution in [0.1, 0.15) is 48.0 Å². The molecule has 1 aromatic heterocycles. The van der Waals surface area contributed by atoms with Crippen LogP contribution in [0.5, 0.6) is 0 Å². The van der Waals surface area contributed by atoms with Gasteiger partial charge < -0.3 is 15.2 Å². The number of nitrogens with one attached hydrogen (secondary N) is 2. The Kier molecular flexibility index (Phi) is 5.10. The number of piperidine rings is 1. The van der Waals surface area contributed by atoms with E-state index in [0.717, 1.165) is 29.9 Å². The lowest BCUT2D eigenvalue weighted by Gasteiger charge is -2.28. The van der Waals surface area contributed by atoms with Crippen LogP contribution in [0.15, 0.2) is 47.4 Å². The second kappa shape index (κ2) is 7.84. The second-order valence-corrected chi connectivity index (χ2v) is 7.32. The van der Waals surface area contributed by atoms with Crippen LogP contribution in [0.25, 0.3) is 5.57 Å². The summed E-state index contributed by atoms with van der Waals surface area (Å²) < 4.78 is 0. The highest BCUT2D eigenvalue weighted by atomic mass is 16.2. The highest BCUT2D eigenvalue weighted by Gasteiger charge is 2.16. The maximum absolute atomic E-state index is 12.6. The van der Waals surface area contributed by atoms with Crippen molar-refractivity contribution in [3.8, 4) is 0 Å². The number of rotatable bonds is 4. The Morgan fingerprint density at radius 1 is 1.00 bits per heavy atom. The molecule has 6 nitrogen and oxygen atoms in total. The van der Waals surface area contributed by atoms with E-state index in [1.165, 1.54) is 19.3 Å². The molecule has 2 N–H and O–H groups in total. The summed E-state index contributed by atoms with van der Waals surface area (Å²) in [6.45, 7) is 2.10. The quantitative estimate of drug-likeness (QED) is 0.856. The predicted molar refractivity (Wildman–Crippen MR) is 110 cm³/mol. The topological polar surface area (TPSA) is 82.3 Å². The van der Waals surface area contributed by atoms with Crippen LogP contribution in [0.3, 0.4) is 0 Å². The molecule has 0 saturated carbocycles. The Bertz CT molecular complexity index is 983. The summed E-state index contributed by atoms with van der Waals surface area (Å²) in [5, 5.41) is 2.69. The molecule has 1 saturated heterocycles. The molecule has 0 spiro atoms. The first-order valence-electron chi connectivity index (χ1n) is 9.73. The van der Waals surface area contributed by atoms with E-state index < -0.39 is 0 Å². The van der Waals surface area contributed by atoms with E-state index in [1.54, 1.807) is 30.5 Å². The first kappa shape index (κ1) is 18.2. The van der Waals surface area contributed by atoms with E-state index in [-0.39, 0.29) is 22.9 Å². The molecule has 2 heterocycles. The summed E-state index contributed by atoms with van der Waals surface area (Å²) in [5.41, 5.74) is 3.06. The van der Waals surface area contributed by atoms with Crippen molar-refractivity contribution in [3.63, 3.8) is 0 Å². The van der Waals surface area contributed by atoms with Crippen LogP contribution in [0.2, 0.25) is 0 Å². The number of carbonyl (C=O) groups excluding carboxylic acids is 2. The monoisotopic (exact) mass is 377 g/mol. The van der Waals surface area contributed by atoms with Crippen molar-refractivity contribution in [1.29, 1.82) is 0 Å². The highest BCUT2D eigenvalue weighted by molar-refractivity contribution is 6.05. The van der Waals surface area contributed by atoms with Gasteiger partial charge in [0, 0.05) is 37.0 Å². The number of nitrogens with zero attached hydrogens (tertiary/aromatic N) is 1. The molecule has 1 aliphatic carbocycles. The Morgan fingerprint density at radius 2 is 1.75 bits per heavy atom. The summed E-state index contributed by atoms with van der Waals surface area (Å²) in [6, 6.07) is 9.11. The summed E-state index contributed by atoms with van der Waals surface area (Å²) in [7, 11) is 0. The Hall–Kier alpha value is -3.15. The molecule has 4 rings (SSSR count). The molecule has 2 aromatic rings. The zero-order valence-corrected chi connectivity index (χ0v) is 15.7. The standard InChI is InChI=1S/C22H23N3O3/c26-19-9-6-16(12-19)17-13-20(22(28)23-14-17)24-21(27)15-4-7-18(8-5-15)25-10-2-1-3-11-25/h4-5,7-8,12-14H,1-3,6,9-11H2,(H,23,28)(H,24,27). The fourth-order valence-electron chi connectivity index (χ4n) is 3.76. The van der Waals surface area contributed by atoms with Gasteiger partial charge in [-0.25, -0.2) is 0 Å². The molecule has 1 amide bonds. The van der Waals surface area contributed by atoms with Gasteiger partial charge in [0.15, 0.2) is 5.78 Å². The maximum Gasteiger partial charge on any atom is 0.271 e. The van der Waals surface area contributed by atoms with Crippen molar-refractivity contribution in [3.05, 3.63) is 64.1 Å². The zero-order chi connectivity index (χ0) is 19.5. The predicted octanol–water partition coefficient (Wildman–Crippen LogP) is 3.36. The molecule has 1 fully saturated rings. The van der Waals surface area contributed by atoms with Crippen LogP contribution in [0.4, 0.5) is 11.4 Å². The number of pyridine rings is 1. The average Bonchev–Trinajstić information content (AvgIpc) is 3.17. The largest absolute Gasteiger partial charge is 0.372 e. The number of allylic oxidation sites excluding steroid dienone is 2. The van der Waals surface area contributed by atoms with E-state index in [9.17, 15) is 14.4 Å². The zero-order valence-electron chi connectivity index (χ0n) is 15.7. The number of aromatic amines is 1. The number of amides is 1. The Balaban J connectivity index is 1.49. The number of ketones is 1. The Morgan fingerprint density at radius 3 is 2.43 bits per heavy atom. The first-order valence-corrected chi connectivity index (χ1v) is 9.73. The van der Waals surface area contributed by atoms with Crippen LogP contribution in [-0.4, -0.2) is 29.8 Å². The van der Waals surface area contributed by atoms with E-state index in [2.05, 4.69) is 15.2 Å². The van der Waals surface area contributed by atoms with E-state index in [1.807, 2.05) is 12.1 Å². The summed E-state index contributed by atoms with van der Waals surface area (Å²) in [6.07, 6.45) is 7.98. The number of hydrogen-bond acceptors (Lipinski definition) is 4. The number of hydrogen-bond donors (Lipinski definition) is 2. The molecule has 0 unspecified atom stereocenters. The van der Waals surface area contributed by atoms with Crippen LogP contribution in [0, 0.1) is 0 Å². The van der Waals surface area contributed by atoms with Crippen molar-refractivity contribution >= 4 is 28.6 Å². The molecular formula is C22H23N3O3. The third-order valence-corrected chi connectivity index (χ3v) is 5.35. The van der Waals surface area contributed by atoms with E-state index >= 15 is 0 Å². The van der Waals surface area contributed by atoms with E-state index in [0.29, 0.717) is 18.4 Å². The van der Waals surface area contributed by atoms with Crippen LogP contribution >= 0.6 is 0 Å². The SMILES string of the molecule is O=C1C=C(c2c[nH]c(=O)c(NC(=O)c3ccc(N4CCCCC4)cc3)c2)CC1. The van der Waals surface area contributed by atoms with Gasteiger partial charge in [-0.3, -0.25) is 14.4 Å². The number of aromatic nitrogens is 1. The maximum atomic E-state index is 12.6. The minimum Gasteiger partial charge on any atom is -0.372 e. The molecule has 144 valence electrons. The normalized spacial score (nSPS) is 16.8. The van der Waals surface area contributed by atoms with Crippen molar-refractivity contribution < 1.29 is 9.59 Å². The smallest absolute Gasteiger partial charge is 0.271 e. The van der Waals surface area contributed by atoms with Crippen LogP contribution < -0.4 is 15.8 Å². The van der Waals surface area contributed by atoms with Gasteiger partial charge >= 0.3 is 0 Å². The number of anilines is 2. The fourth-order valence-corrected chi connectivity index (χ4v) is 3.76. The minimum absolute atomic E-state index is 0.0839. The number of carbonyl (C=O) groups is 2. The average molecular weight is 377 g/mol. The Labute approximate surface area is 163 Å². The lowest BCUT2D eigenvalue weighted by Crippen LogP contribution is -2.29. The molecule has 0 bridgehead atoms. The fraction of sp³-hybridized carbons (Fsp3) is 0.318. The van der Waals surface area contributed by atoms with Gasteiger partial charge in [-0.05, 0) is 73.2 Å². The van der Waals surface area contributed by atoms with E-state index in [4.69, 9.17) is 0 Å². The van der Waals surface area contributed by atoms with Crippen molar-refractivity contribution in [2.45, 2.75) is 32.1 Å². The van der Waals surface area contributed by atoms with Crippen molar-refractivity contribution in [1.82, 2.24) is 4.98 Å². The number of benzene rings is 1. The second-order valence-electron chi connectivity index (χ2n) is 7.32. The minimum atomic E-state index is -0.369. The van der Waals surface area contributed by atoms with Crippen LogP contribution in [-0.2, 0) is 4.79 Å². The third-order valence-electron chi connectivity index (χ3n) is 5.35. The molecule has 28 heavy (non-hydrogen) atoms. The van der Waals surface area contributed by atoms with Gasteiger partial charge in [-0.2, -0.15) is 0 Å². The number of H-pyrrole nitrogens is 1. The lowest BCUT2D eigenvalue weighted by atomic mass is 10.1. The van der Waals surface area contributed by atoms with Gasteiger partial charge in [0.2, 0.25) is 0 Å². The van der Waals surface area contributed by atoms with Crippen molar-refractivity contribution in [2.24, 2.45) is 0 Å². The van der Waals surface area contributed by atoms with Gasteiger partial charge in [0.05, 0.1) is 0 Å². The van der Waals surface area contributed by atoms with Gasteiger partial charge in [0.1, 0.15) is 5.69 Å². The molecular weight excluding hydrogens is 354 g/mol. The molecule has 2 aliphatic rings. The summed E-state index contributed by atoms with van der Waals surface area (Å²) in [4.78, 5) is 41.1. The molecule has 1 aliphatic heterocycles. The summed E-state index contributed by atoms with van der Waals surface area (Å²) >= 11 is 0. The van der Waals surface area contributed by atoms with Gasteiger partial charge in [-0.1, -0.05) is 0 Å². The van der Waals surface area contributed by atoms with Crippen molar-refractivity contribution in [2.75, 3.05) is 23.3 Å². The summed E-state index contributed by atoms with van der Waals surface area (Å²) in [5.74, 6) is -0.245. The molecule has 0 radical (unpaired) electrons. The highest BCUT2D eigenvalue weighted by Crippen LogP contribution is 2.26. The molecule has 1 aromatic carbocycles. The van der Waals surface area contributed by atoms with Gasteiger partial charge in [0.25, 0.3) is 11.5 Å².